The van der Waals surface area contributed by atoms with E-state index in [0.717, 1.165) is 18.8 Å². The molecule has 4 rings (SSSR count). The van der Waals surface area contributed by atoms with Crippen molar-refractivity contribution in [2.75, 3.05) is 23.3 Å². The lowest BCUT2D eigenvalue weighted by Crippen LogP contribution is -2.29. The van der Waals surface area contributed by atoms with E-state index in [-0.39, 0.29) is 5.91 Å². The Kier molecular flexibility index (Phi) is 4.28. The van der Waals surface area contributed by atoms with Crippen molar-refractivity contribution in [3.8, 4) is 0 Å². The molecule has 1 saturated heterocycles. The molecule has 1 aliphatic heterocycles. The number of carbonyl (C=O) groups is 1. The Labute approximate surface area is 151 Å². The number of hydrogen-bond acceptors (Lipinski definition) is 6. The fourth-order valence-corrected chi connectivity index (χ4v) is 3.38. The van der Waals surface area contributed by atoms with Gasteiger partial charge in [-0.25, -0.2) is 9.97 Å². The van der Waals surface area contributed by atoms with E-state index in [4.69, 9.17) is 4.52 Å². The van der Waals surface area contributed by atoms with Crippen molar-refractivity contribution < 1.29 is 9.32 Å². The molecule has 0 saturated carbocycles. The first kappa shape index (κ1) is 16.5. The number of nitrogens with one attached hydrogen (secondary N) is 1. The Morgan fingerprint density at radius 1 is 1.19 bits per heavy atom. The van der Waals surface area contributed by atoms with Crippen molar-refractivity contribution >= 4 is 28.5 Å². The summed E-state index contributed by atoms with van der Waals surface area (Å²) in [5.41, 5.74) is 3.31. The SMILES string of the molecule is Cc1cc(C(=O)Nc2ccc(N3CCCCC3)cn2)c2c(C)noc2n1. The number of piperidine rings is 1. The summed E-state index contributed by atoms with van der Waals surface area (Å²) >= 11 is 0. The van der Waals surface area contributed by atoms with E-state index < -0.39 is 0 Å². The molecule has 134 valence electrons. The molecule has 0 atom stereocenters. The van der Waals surface area contributed by atoms with Gasteiger partial charge in [0.05, 0.1) is 28.5 Å². The molecule has 1 aliphatic rings. The molecule has 7 nitrogen and oxygen atoms in total. The van der Waals surface area contributed by atoms with E-state index in [9.17, 15) is 4.79 Å². The van der Waals surface area contributed by atoms with Gasteiger partial charge in [0.2, 0.25) is 0 Å². The van der Waals surface area contributed by atoms with Crippen molar-refractivity contribution in [3.63, 3.8) is 0 Å². The second-order valence-electron chi connectivity index (χ2n) is 6.66. The van der Waals surface area contributed by atoms with Gasteiger partial charge in [-0.2, -0.15) is 0 Å². The molecule has 0 bridgehead atoms. The summed E-state index contributed by atoms with van der Waals surface area (Å²) in [4.78, 5) is 23.8. The summed E-state index contributed by atoms with van der Waals surface area (Å²) in [5, 5.41) is 7.41. The number of aryl methyl sites for hydroxylation is 2. The Morgan fingerprint density at radius 3 is 2.73 bits per heavy atom. The van der Waals surface area contributed by atoms with Gasteiger partial charge in [0, 0.05) is 18.8 Å². The molecule has 1 amide bonds. The first-order valence-electron chi connectivity index (χ1n) is 8.88. The van der Waals surface area contributed by atoms with E-state index in [2.05, 4.69) is 25.3 Å². The zero-order valence-electron chi connectivity index (χ0n) is 15.0. The summed E-state index contributed by atoms with van der Waals surface area (Å²) in [6, 6.07) is 5.59. The van der Waals surface area contributed by atoms with E-state index in [0.29, 0.717) is 33.9 Å². The van der Waals surface area contributed by atoms with Gasteiger partial charge in [-0.15, -0.1) is 0 Å². The monoisotopic (exact) mass is 351 g/mol. The second kappa shape index (κ2) is 6.74. The highest BCUT2D eigenvalue weighted by atomic mass is 16.5. The number of pyridine rings is 2. The molecule has 0 spiro atoms. The number of hydrogen-bond donors (Lipinski definition) is 1. The summed E-state index contributed by atoms with van der Waals surface area (Å²) in [5.74, 6) is 0.275. The summed E-state index contributed by atoms with van der Waals surface area (Å²) in [6.07, 6.45) is 5.54. The maximum absolute atomic E-state index is 12.8. The lowest BCUT2D eigenvalue weighted by molar-refractivity contribution is 0.102. The van der Waals surface area contributed by atoms with Crippen molar-refractivity contribution in [1.82, 2.24) is 15.1 Å². The molecular formula is C19H21N5O2. The molecule has 7 heteroatoms. The molecule has 4 heterocycles. The smallest absolute Gasteiger partial charge is 0.258 e. The maximum atomic E-state index is 12.8. The second-order valence-corrected chi connectivity index (χ2v) is 6.66. The van der Waals surface area contributed by atoms with Crippen LogP contribution in [0.3, 0.4) is 0 Å². The van der Waals surface area contributed by atoms with Gasteiger partial charge in [-0.1, -0.05) is 5.16 Å². The van der Waals surface area contributed by atoms with Gasteiger partial charge in [-0.05, 0) is 51.3 Å². The molecule has 0 radical (unpaired) electrons. The van der Waals surface area contributed by atoms with Crippen LogP contribution >= 0.6 is 0 Å². The topological polar surface area (TPSA) is 84.2 Å². The highest BCUT2D eigenvalue weighted by Crippen LogP contribution is 2.24. The first-order chi connectivity index (χ1) is 12.6. The molecule has 1 N–H and O–H groups in total. The van der Waals surface area contributed by atoms with Gasteiger partial charge >= 0.3 is 0 Å². The van der Waals surface area contributed by atoms with Crippen LogP contribution in [0.15, 0.2) is 28.9 Å². The van der Waals surface area contributed by atoms with Crippen LogP contribution in [0.2, 0.25) is 0 Å². The number of amides is 1. The average molecular weight is 351 g/mol. The molecule has 26 heavy (non-hydrogen) atoms. The molecule has 0 aliphatic carbocycles. The first-order valence-corrected chi connectivity index (χ1v) is 8.88. The average Bonchev–Trinajstić information content (AvgIpc) is 3.03. The van der Waals surface area contributed by atoms with Crippen LogP contribution in [0.5, 0.6) is 0 Å². The Hall–Kier alpha value is -2.96. The van der Waals surface area contributed by atoms with Gasteiger partial charge in [0.25, 0.3) is 11.6 Å². The van der Waals surface area contributed by atoms with Gasteiger partial charge in [0.15, 0.2) is 0 Å². The van der Waals surface area contributed by atoms with Crippen LogP contribution in [0.25, 0.3) is 11.1 Å². The Bertz CT molecular complexity index is 942. The zero-order valence-corrected chi connectivity index (χ0v) is 15.0. The minimum absolute atomic E-state index is 0.245. The molecular weight excluding hydrogens is 330 g/mol. The van der Waals surface area contributed by atoms with Crippen molar-refractivity contribution in [3.05, 3.63) is 41.3 Å². The minimum Gasteiger partial charge on any atom is -0.370 e. The largest absolute Gasteiger partial charge is 0.370 e. The van der Waals surface area contributed by atoms with Crippen molar-refractivity contribution in [2.45, 2.75) is 33.1 Å². The van der Waals surface area contributed by atoms with Gasteiger partial charge < -0.3 is 14.7 Å². The van der Waals surface area contributed by atoms with E-state index in [1.165, 1.54) is 19.3 Å². The fraction of sp³-hybridized carbons (Fsp3) is 0.368. The molecule has 3 aromatic rings. The summed E-state index contributed by atoms with van der Waals surface area (Å²) in [7, 11) is 0. The predicted molar refractivity (Wildman–Crippen MR) is 99.5 cm³/mol. The lowest BCUT2D eigenvalue weighted by Gasteiger charge is -2.28. The van der Waals surface area contributed by atoms with E-state index in [1.54, 1.807) is 13.0 Å². The Balaban J connectivity index is 1.56. The number of nitrogens with zero attached hydrogens (tertiary/aromatic N) is 4. The normalized spacial score (nSPS) is 14.6. The van der Waals surface area contributed by atoms with Crippen molar-refractivity contribution in [2.24, 2.45) is 0 Å². The number of rotatable bonds is 3. The van der Waals surface area contributed by atoms with Crippen LogP contribution in [-0.4, -0.2) is 34.1 Å². The Morgan fingerprint density at radius 2 is 2.00 bits per heavy atom. The predicted octanol–water partition coefficient (Wildman–Crippen LogP) is 3.48. The van der Waals surface area contributed by atoms with E-state index >= 15 is 0 Å². The van der Waals surface area contributed by atoms with Crippen LogP contribution in [0.1, 0.15) is 41.0 Å². The quantitative estimate of drug-likeness (QED) is 0.778. The molecule has 3 aromatic heterocycles. The van der Waals surface area contributed by atoms with Crippen molar-refractivity contribution in [1.29, 1.82) is 0 Å². The molecule has 0 unspecified atom stereocenters. The standard InChI is InChI=1S/C19H21N5O2/c1-12-10-15(17-13(2)23-26-19(17)21-12)18(25)22-16-7-6-14(11-20-16)24-8-4-3-5-9-24/h6-7,10-11H,3-5,8-9H2,1-2H3,(H,20,22,25). The number of aromatic nitrogens is 3. The minimum atomic E-state index is -0.245. The third-order valence-corrected chi connectivity index (χ3v) is 4.70. The molecule has 1 fully saturated rings. The lowest BCUT2D eigenvalue weighted by atomic mass is 10.1. The van der Waals surface area contributed by atoms with E-state index in [1.807, 2.05) is 25.3 Å². The summed E-state index contributed by atoms with van der Waals surface area (Å²) < 4.78 is 5.19. The highest BCUT2D eigenvalue weighted by molar-refractivity contribution is 6.12. The maximum Gasteiger partial charge on any atom is 0.258 e. The van der Waals surface area contributed by atoms with Gasteiger partial charge in [-0.3, -0.25) is 4.79 Å². The number of fused-ring (bicyclic) bond motifs is 1. The molecule has 0 aromatic carbocycles. The number of carbonyl (C=O) groups excluding carboxylic acids is 1. The fourth-order valence-electron chi connectivity index (χ4n) is 3.38. The third-order valence-electron chi connectivity index (χ3n) is 4.70. The zero-order chi connectivity index (χ0) is 18.1. The third kappa shape index (κ3) is 3.12. The van der Waals surface area contributed by atoms with Crippen LogP contribution < -0.4 is 10.2 Å². The highest BCUT2D eigenvalue weighted by Gasteiger charge is 2.18. The van der Waals surface area contributed by atoms with Crippen LogP contribution in [0, 0.1) is 13.8 Å². The summed E-state index contributed by atoms with van der Waals surface area (Å²) in [6.45, 7) is 5.74. The van der Waals surface area contributed by atoms with Gasteiger partial charge in [0.1, 0.15) is 5.82 Å². The number of anilines is 2. The van der Waals surface area contributed by atoms with Crippen LogP contribution in [0.4, 0.5) is 11.5 Å². The van der Waals surface area contributed by atoms with Crippen LogP contribution in [-0.2, 0) is 0 Å².